The van der Waals surface area contributed by atoms with E-state index in [0.717, 1.165) is 19.3 Å². The second-order valence-electron chi connectivity index (χ2n) is 8.09. The molecule has 0 aromatic heterocycles. The molecule has 0 aliphatic carbocycles. The number of likely N-dealkylation sites (tertiary alicyclic amines) is 1. The van der Waals surface area contributed by atoms with Crippen LogP contribution in [0.15, 0.2) is 0 Å². The van der Waals surface area contributed by atoms with E-state index >= 15 is 0 Å². The molecule has 1 spiro atoms. The van der Waals surface area contributed by atoms with Crippen molar-refractivity contribution >= 4 is 29.5 Å². The number of aliphatic hydroxyl groups excluding tert-OH is 1. The first kappa shape index (κ1) is 20.5. The van der Waals surface area contributed by atoms with Gasteiger partial charge in [0.25, 0.3) is 0 Å². The molecule has 3 rings (SSSR count). The van der Waals surface area contributed by atoms with Crippen LogP contribution in [0, 0.1) is 17.8 Å². The number of carbonyl (C=O) groups excluding carboxylic acids is 3. The Bertz CT molecular complexity index is 630. The van der Waals surface area contributed by atoms with Crippen molar-refractivity contribution in [1.29, 1.82) is 0 Å². The maximum atomic E-state index is 13.4. The molecule has 3 saturated heterocycles. The van der Waals surface area contributed by atoms with E-state index in [1.54, 1.807) is 30.6 Å². The van der Waals surface area contributed by atoms with Crippen molar-refractivity contribution in [1.82, 2.24) is 15.5 Å². The molecule has 3 amide bonds. The van der Waals surface area contributed by atoms with Gasteiger partial charge in [0.1, 0.15) is 6.04 Å². The van der Waals surface area contributed by atoms with E-state index in [2.05, 4.69) is 24.5 Å². The SMILES string of the molecule is CCCCNC(=O)C1N([C@H](C)CO)C(=O)[C@@H]2[C@@H](C(=O)NC)[C@H]3CC(C)C12S3. The van der Waals surface area contributed by atoms with Gasteiger partial charge in [0.15, 0.2) is 0 Å². The average Bonchev–Trinajstić information content (AvgIpc) is 3.24. The zero-order chi connectivity index (χ0) is 19.9. The van der Waals surface area contributed by atoms with Gasteiger partial charge in [-0.15, -0.1) is 11.8 Å². The van der Waals surface area contributed by atoms with E-state index in [1.165, 1.54) is 0 Å². The summed E-state index contributed by atoms with van der Waals surface area (Å²) >= 11 is 1.65. The monoisotopic (exact) mass is 397 g/mol. The molecule has 152 valence electrons. The number of carbonyl (C=O) groups is 3. The summed E-state index contributed by atoms with van der Waals surface area (Å²) in [6, 6.07) is -1.11. The van der Waals surface area contributed by atoms with E-state index in [1.807, 2.05) is 0 Å². The van der Waals surface area contributed by atoms with Crippen molar-refractivity contribution in [2.24, 2.45) is 17.8 Å². The van der Waals surface area contributed by atoms with Gasteiger partial charge in [-0.05, 0) is 25.7 Å². The summed E-state index contributed by atoms with van der Waals surface area (Å²) < 4.78 is -0.599. The molecule has 27 heavy (non-hydrogen) atoms. The lowest BCUT2D eigenvalue weighted by atomic mass is 9.66. The number of hydrogen-bond acceptors (Lipinski definition) is 5. The van der Waals surface area contributed by atoms with Crippen molar-refractivity contribution in [3.63, 3.8) is 0 Å². The highest BCUT2D eigenvalue weighted by atomic mass is 32.2. The number of nitrogens with one attached hydrogen (secondary N) is 2. The van der Waals surface area contributed by atoms with Crippen LogP contribution in [0.3, 0.4) is 0 Å². The van der Waals surface area contributed by atoms with Gasteiger partial charge in [0.05, 0.1) is 29.2 Å². The van der Waals surface area contributed by atoms with Crippen LogP contribution in [-0.2, 0) is 14.4 Å². The van der Waals surface area contributed by atoms with E-state index in [9.17, 15) is 19.5 Å². The van der Waals surface area contributed by atoms with Crippen LogP contribution in [0.4, 0.5) is 0 Å². The van der Waals surface area contributed by atoms with Crippen molar-refractivity contribution in [3.8, 4) is 0 Å². The first-order chi connectivity index (χ1) is 12.8. The number of thioether (sulfide) groups is 1. The van der Waals surface area contributed by atoms with E-state index in [-0.39, 0.29) is 35.5 Å². The Labute approximate surface area is 165 Å². The Kier molecular flexibility index (Phi) is 5.77. The molecule has 0 saturated carbocycles. The summed E-state index contributed by atoms with van der Waals surface area (Å²) in [6.07, 6.45) is 2.68. The van der Waals surface area contributed by atoms with Crippen LogP contribution in [0.2, 0.25) is 0 Å². The largest absolute Gasteiger partial charge is 0.394 e. The van der Waals surface area contributed by atoms with E-state index in [0.29, 0.717) is 6.54 Å². The second-order valence-corrected chi connectivity index (χ2v) is 9.64. The summed E-state index contributed by atoms with van der Waals surface area (Å²) in [5, 5.41) is 15.5. The number of hydrogen-bond donors (Lipinski definition) is 3. The van der Waals surface area contributed by atoms with Crippen LogP contribution in [0.5, 0.6) is 0 Å². The molecule has 7 nitrogen and oxygen atoms in total. The van der Waals surface area contributed by atoms with Crippen molar-refractivity contribution in [3.05, 3.63) is 0 Å². The third-order valence-electron chi connectivity index (χ3n) is 6.55. The number of aliphatic hydroxyl groups is 1. The standard InChI is InChI=1S/C19H31N3O4S/c1-5-6-7-21-17(25)15-19-10(2)8-12(27-19)13(16(24)20-4)14(19)18(26)22(15)11(3)9-23/h10-15,23H,5-9H2,1-4H3,(H,20,24)(H,21,25)/t10?,11-,12-,13+,14+,15?,19?/m1/s1. The molecule has 3 N–H and O–H groups in total. The summed E-state index contributed by atoms with van der Waals surface area (Å²) in [4.78, 5) is 40.8. The highest BCUT2D eigenvalue weighted by Gasteiger charge is 2.76. The minimum Gasteiger partial charge on any atom is -0.394 e. The molecule has 3 heterocycles. The van der Waals surface area contributed by atoms with Gasteiger partial charge in [-0.3, -0.25) is 14.4 Å². The predicted molar refractivity (Wildman–Crippen MR) is 104 cm³/mol. The molecule has 0 radical (unpaired) electrons. The third kappa shape index (κ3) is 2.87. The quantitative estimate of drug-likeness (QED) is 0.539. The van der Waals surface area contributed by atoms with Crippen LogP contribution in [0.1, 0.15) is 40.0 Å². The summed E-state index contributed by atoms with van der Waals surface area (Å²) in [6.45, 7) is 6.28. The fourth-order valence-electron chi connectivity index (χ4n) is 5.27. The first-order valence-electron chi connectivity index (χ1n) is 9.95. The predicted octanol–water partition coefficient (Wildman–Crippen LogP) is 0.367. The Morgan fingerprint density at radius 2 is 2.11 bits per heavy atom. The zero-order valence-electron chi connectivity index (χ0n) is 16.5. The Morgan fingerprint density at radius 3 is 2.70 bits per heavy atom. The lowest BCUT2D eigenvalue weighted by Gasteiger charge is -2.39. The molecular formula is C19H31N3O4S. The maximum absolute atomic E-state index is 13.4. The van der Waals surface area contributed by atoms with Crippen LogP contribution < -0.4 is 10.6 Å². The Morgan fingerprint density at radius 1 is 1.41 bits per heavy atom. The van der Waals surface area contributed by atoms with Crippen LogP contribution in [0.25, 0.3) is 0 Å². The van der Waals surface area contributed by atoms with Crippen molar-refractivity contribution in [2.45, 2.75) is 62.1 Å². The molecule has 2 bridgehead atoms. The Hall–Kier alpha value is -1.28. The molecule has 3 unspecified atom stereocenters. The molecular weight excluding hydrogens is 366 g/mol. The normalized spacial score (nSPS) is 38.0. The maximum Gasteiger partial charge on any atom is 0.244 e. The minimum atomic E-state index is -0.645. The zero-order valence-corrected chi connectivity index (χ0v) is 17.3. The van der Waals surface area contributed by atoms with Gasteiger partial charge in [-0.25, -0.2) is 0 Å². The molecule has 3 aliphatic heterocycles. The van der Waals surface area contributed by atoms with Gasteiger partial charge >= 0.3 is 0 Å². The highest BCUT2D eigenvalue weighted by Crippen LogP contribution is 2.68. The van der Waals surface area contributed by atoms with Gasteiger partial charge in [0, 0.05) is 18.8 Å². The van der Waals surface area contributed by atoms with Gasteiger partial charge in [0.2, 0.25) is 17.7 Å². The minimum absolute atomic E-state index is 0.0615. The molecule has 3 fully saturated rings. The first-order valence-corrected chi connectivity index (χ1v) is 10.8. The summed E-state index contributed by atoms with van der Waals surface area (Å²) in [7, 11) is 1.59. The van der Waals surface area contributed by atoms with E-state index < -0.39 is 28.7 Å². The number of unbranched alkanes of at least 4 members (excludes halogenated alkanes) is 1. The molecule has 0 aromatic rings. The van der Waals surface area contributed by atoms with Crippen LogP contribution >= 0.6 is 11.8 Å². The average molecular weight is 398 g/mol. The highest BCUT2D eigenvalue weighted by molar-refractivity contribution is 8.02. The number of nitrogens with zero attached hydrogens (tertiary/aromatic N) is 1. The number of amides is 3. The lowest BCUT2D eigenvalue weighted by Crippen LogP contribution is -2.58. The topological polar surface area (TPSA) is 98.7 Å². The van der Waals surface area contributed by atoms with E-state index in [4.69, 9.17) is 0 Å². The van der Waals surface area contributed by atoms with Gasteiger partial charge in [-0.1, -0.05) is 20.3 Å². The second kappa shape index (κ2) is 7.62. The van der Waals surface area contributed by atoms with Crippen molar-refractivity contribution in [2.75, 3.05) is 20.2 Å². The molecule has 0 aromatic carbocycles. The molecule has 8 heteroatoms. The van der Waals surface area contributed by atoms with Crippen molar-refractivity contribution < 1.29 is 19.5 Å². The van der Waals surface area contributed by atoms with Crippen LogP contribution in [-0.4, -0.2) is 70.0 Å². The van der Waals surface area contributed by atoms with Gasteiger partial charge < -0.3 is 20.6 Å². The molecule has 7 atom stereocenters. The smallest absolute Gasteiger partial charge is 0.244 e. The lowest BCUT2D eigenvalue weighted by molar-refractivity contribution is -0.142. The fourth-order valence-corrected chi connectivity index (χ4v) is 7.68. The summed E-state index contributed by atoms with van der Waals surface area (Å²) in [5.41, 5.74) is 0. The number of fused-ring (bicyclic) bond motifs is 1. The molecule has 3 aliphatic rings. The fraction of sp³-hybridized carbons (Fsp3) is 0.842. The summed E-state index contributed by atoms with van der Waals surface area (Å²) in [5.74, 6) is -1.21. The Balaban J connectivity index is 2.02. The number of rotatable bonds is 7. The third-order valence-corrected chi connectivity index (χ3v) is 8.63. The van der Waals surface area contributed by atoms with Gasteiger partial charge in [-0.2, -0.15) is 0 Å².